The quantitative estimate of drug-likeness (QED) is 0.380. The van der Waals surface area contributed by atoms with E-state index in [0.717, 1.165) is 0 Å². The molecule has 0 N–H and O–H groups in total. The van der Waals surface area contributed by atoms with Crippen LogP contribution in [0.2, 0.25) is 0 Å². The number of rotatable bonds is 4. The fourth-order valence-corrected chi connectivity index (χ4v) is 0.469. The van der Waals surface area contributed by atoms with E-state index in [2.05, 4.69) is 9.47 Å². The van der Waals surface area contributed by atoms with E-state index in [0.29, 0.717) is 13.2 Å². The van der Waals surface area contributed by atoms with Crippen LogP contribution in [0.25, 0.3) is 0 Å². The molecule has 2 unspecified atom stereocenters. The van der Waals surface area contributed by atoms with Crippen LogP contribution in [0.4, 0.5) is 0 Å². The van der Waals surface area contributed by atoms with Crippen molar-refractivity contribution in [1.82, 2.24) is 0 Å². The molecule has 7 heteroatoms. The Kier molecular flexibility index (Phi) is 45.6. The van der Waals surface area contributed by atoms with Crippen LogP contribution in [0.15, 0.2) is 0 Å². The van der Waals surface area contributed by atoms with E-state index in [-0.39, 0.29) is 25.8 Å². The Morgan fingerprint density at radius 3 is 0.762 bits per heavy atom. The Bertz CT molecular complexity index is 122. The van der Waals surface area contributed by atoms with Crippen molar-refractivity contribution in [3.05, 3.63) is 0 Å². The van der Waals surface area contributed by atoms with Gasteiger partial charge >= 0.3 is 25.8 Å². The van der Waals surface area contributed by atoms with Crippen LogP contribution in [-0.4, -0.2) is 38.0 Å². The van der Waals surface area contributed by atoms with Crippen LogP contribution in [0.5, 0.6) is 0 Å². The van der Waals surface area contributed by atoms with Gasteiger partial charge in [0.15, 0.2) is 0 Å². The van der Waals surface area contributed by atoms with Gasteiger partial charge in [-0.25, -0.2) is 0 Å². The van der Waals surface area contributed by atoms with Crippen LogP contribution in [0.3, 0.4) is 0 Å². The first-order chi connectivity index (χ1) is 9.00. The predicted molar refractivity (Wildman–Crippen MR) is 72.4 cm³/mol. The molecule has 0 radical (unpaired) electrons. The molecule has 0 aliphatic rings. The standard InChI is InChI=1S/2C4H9O2.2C3H7O.Hf/c2*1-3-6-4(2)5;2*1-3(2)4;/h2*4H,3H2,1-2H3;2*3H,1-2H3;/q4*-1;+4. The minimum absolute atomic E-state index is 0. The molecule has 0 aliphatic carbocycles. The summed E-state index contributed by atoms with van der Waals surface area (Å²) in [5.41, 5.74) is 0. The largest absolute Gasteiger partial charge is 4.00 e. The van der Waals surface area contributed by atoms with Gasteiger partial charge in [0, 0.05) is 13.2 Å². The molecule has 0 aromatic carbocycles. The van der Waals surface area contributed by atoms with Crippen molar-refractivity contribution < 1.29 is 55.7 Å². The van der Waals surface area contributed by atoms with Crippen LogP contribution in [0.1, 0.15) is 55.4 Å². The summed E-state index contributed by atoms with van der Waals surface area (Å²) in [6.07, 6.45) is -2.54. The van der Waals surface area contributed by atoms with Crippen molar-refractivity contribution in [2.45, 2.75) is 80.2 Å². The third-order valence-corrected chi connectivity index (χ3v) is 0.803. The van der Waals surface area contributed by atoms with Crippen molar-refractivity contribution in [2.75, 3.05) is 13.2 Å². The predicted octanol–water partition coefficient (Wildman–Crippen LogP) is -1.03. The molecule has 0 heterocycles. The number of hydrogen-bond acceptors (Lipinski definition) is 6. The van der Waals surface area contributed by atoms with E-state index in [1.54, 1.807) is 41.5 Å². The van der Waals surface area contributed by atoms with Crippen molar-refractivity contribution in [3.63, 3.8) is 0 Å². The summed E-state index contributed by atoms with van der Waals surface area (Å²) in [5.74, 6) is 0. The van der Waals surface area contributed by atoms with Gasteiger partial charge in [-0.15, -0.1) is 12.2 Å². The first-order valence-electron chi connectivity index (χ1n) is 6.87. The van der Waals surface area contributed by atoms with Gasteiger partial charge in [-0.2, -0.15) is 0 Å². The average Bonchev–Trinajstić information content (AvgIpc) is 2.15. The molecule has 0 aromatic rings. The maximum absolute atomic E-state index is 9.90. The third-order valence-electron chi connectivity index (χ3n) is 0.803. The molecule has 0 spiro atoms. The molecular weight excluding hydrogens is 443 g/mol. The Morgan fingerprint density at radius 2 is 0.762 bits per heavy atom. The molecule has 0 saturated carbocycles. The summed E-state index contributed by atoms with van der Waals surface area (Å²) < 4.78 is 8.97. The van der Waals surface area contributed by atoms with E-state index < -0.39 is 24.8 Å². The summed E-state index contributed by atoms with van der Waals surface area (Å²) in [5, 5.41) is 38.9. The van der Waals surface area contributed by atoms with Gasteiger partial charge < -0.3 is 29.9 Å². The molecule has 6 nitrogen and oxygen atoms in total. The SMILES string of the molecule is CC(C)[O-].CC(C)[O-].CCOC(C)[O-].CCOC(C)[O-].[Hf+4]. The third kappa shape index (κ3) is 163. The van der Waals surface area contributed by atoms with E-state index in [1.165, 1.54) is 13.8 Å². The Hall–Kier alpha value is 0.630. The van der Waals surface area contributed by atoms with Crippen molar-refractivity contribution in [1.29, 1.82) is 0 Å². The number of hydrogen-bond donors (Lipinski definition) is 0. The molecular formula is C14H32HfO6. The normalized spacial score (nSPS) is 11.7. The molecule has 0 bridgehead atoms. The Morgan fingerprint density at radius 1 is 0.619 bits per heavy atom. The molecule has 0 amide bonds. The Balaban J connectivity index is -0.0000000544. The average molecular weight is 475 g/mol. The Labute approximate surface area is 149 Å². The minimum atomic E-state index is -0.852. The maximum Gasteiger partial charge on any atom is 4.00 e. The summed E-state index contributed by atoms with van der Waals surface area (Å²) in [7, 11) is 0. The van der Waals surface area contributed by atoms with Crippen molar-refractivity contribution in [2.24, 2.45) is 0 Å². The van der Waals surface area contributed by atoms with Gasteiger partial charge in [0.05, 0.1) is 0 Å². The van der Waals surface area contributed by atoms with Gasteiger partial charge in [0.1, 0.15) is 0 Å². The monoisotopic (exact) mass is 476 g/mol. The second kappa shape index (κ2) is 28.7. The maximum atomic E-state index is 9.90. The van der Waals surface area contributed by atoms with Gasteiger partial charge in [-0.1, -0.05) is 41.5 Å². The van der Waals surface area contributed by atoms with Crippen LogP contribution in [0, 0.1) is 0 Å². The van der Waals surface area contributed by atoms with E-state index >= 15 is 0 Å². The summed E-state index contributed by atoms with van der Waals surface area (Å²) in [6, 6.07) is 0. The molecule has 128 valence electrons. The second-order valence-electron chi connectivity index (χ2n) is 4.14. The van der Waals surface area contributed by atoms with Crippen LogP contribution in [-0.2, 0) is 35.3 Å². The zero-order valence-corrected chi connectivity index (χ0v) is 18.3. The molecule has 21 heavy (non-hydrogen) atoms. The molecule has 0 aromatic heterocycles. The first-order valence-corrected chi connectivity index (χ1v) is 6.87. The van der Waals surface area contributed by atoms with E-state index in [4.69, 9.17) is 0 Å². The van der Waals surface area contributed by atoms with Crippen molar-refractivity contribution in [3.8, 4) is 0 Å². The molecule has 0 aliphatic heterocycles. The summed E-state index contributed by atoms with van der Waals surface area (Å²) in [4.78, 5) is 0. The van der Waals surface area contributed by atoms with Gasteiger partial charge in [0.2, 0.25) is 0 Å². The zero-order chi connectivity index (χ0) is 17.1. The smallest absolute Gasteiger partial charge is 0.852 e. The van der Waals surface area contributed by atoms with E-state index in [9.17, 15) is 20.4 Å². The second-order valence-corrected chi connectivity index (χ2v) is 4.14. The molecule has 0 saturated heterocycles. The molecule has 0 rings (SSSR count). The van der Waals surface area contributed by atoms with Gasteiger partial charge in [-0.05, 0) is 26.4 Å². The fourth-order valence-electron chi connectivity index (χ4n) is 0.469. The van der Waals surface area contributed by atoms with Crippen LogP contribution >= 0.6 is 0 Å². The zero-order valence-electron chi connectivity index (χ0n) is 14.7. The fraction of sp³-hybridized carbons (Fsp3) is 1.00. The first kappa shape index (κ1) is 33.3. The topological polar surface area (TPSA) is 111 Å². The van der Waals surface area contributed by atoms with Crippen molar-refractivity contribution >= 4 is 0 Å². The van der Waals surface area contributed by atoms with Crippen LogP contribution < -0.4 is 20.4 Å². The summed E-state index contributed by atoms with van der Waals surface area (Å²) in [6.45, 7) is 14.0. The van der Waals surface area contributed by atoms with Gasteiger partial charge in [-0.3, -0.25) is 0 Å². The summed E-state index contributed by atoms with van der Waals surface area (Å²) >= 11 is 0. The minimum Gasteiger partial charge on any atom is -0.852 e. The number of ether oxygens (including phenoxy) is 2. The molecule has 0 fully saturated rings. The van der Waals surface area contributed by atoms with Gasteiger partial charge in [0.25, 0.3) is 0 Å². The van der Waals surface area contributed by atoms with E-state index in [1.807, 2.05) is 0 Å². The molecule has 2 atom stereocenters.